The molecule has 0 aliphatic carbocycles. The molecule has 1 heterocycles. The Morgan fingerprint density at radius 1 is 1.53 bits per heavy atom. The van der Waals surface area contributed by atoms with Gasteiger partial charge in [0.05, 0.1) is 12.8 Å². The number of carbonyl (C=O) groups excluding carboxylic acids is 1. The van der Waals surface area contributed by atoms with Gasteiger partial charge in [0.2, 0.25) is 0 Å². The Bertz CT molecular complexity index is 441. The lowest BCUT2D eigenvalue weighted by Gasteiger charge is -2.21. The standard InChI is InChI=1S/C13H18Br2N2O2/c1-4-8(2)12(13(18)19-3)17-7-11-10(15)5-9(14)6-16-11/h5-6,8,12,17H,4,7H2,1-3H3. The number of nitrogens with zero attached hydrogens (tertiary/aromatic N) is 1. The zero-order valence-electron chi connectivity index (χ0n) is 11.2. The van der Waals surface area contributed by atoms with Crippen LogP contribution in [-0.4, -0.2) is 24.1 Å². The predicted molar refractivity (Wildman–Crippen MR) is 81.7 cm³/mol. The molecule has 19 heavy (non-hydrogen) atoms. The first-order valence-corrected chi connectivity index (χ1v) is 7.69. The first-order chi connectivity index (χ1) is 8.99. The number of halogens is 2. The van der Waals surface area contributed by atoms with Crippen LogP contribution < -0.4 is 5.32 Å². The lowest BCUT2D eigenvalue weighted by Crippen LogP contribution is -2.42. The third kappa shape index (κ3) is 4.85. The molecule has 1 aromatic heterocycles. The van der Waals surface area contributed by atoms with E-state index in [0.717, 1.165) is 21.1 Å². The van der Waals surface area contributed by atoms with Gasteiger partial charge in [-0.15, -0.1) is 0 Å². The normalized spacial score (nSPS) is 13.9. The van der Waals surface area contributed by atoms with E-state index >= 15 is 0 Å². The summed E-state index contributed by atoms with van der Waals surface area (Å²) in [7, 11) is 1.41. The molecule has 0 saturated heterocycles. The van der Waals surface area contributed by atoms with E-state index in [-0.39, 0.29) is 17.9 Å². The van der Waals surface area contributed by atoms with E-state index in [1.54, 1.807) is 6.20 Å². The van der Waals surface area contributed by atoms with Crippen LogP contribution >= 0.6 is 31.9 Å². The third-order valence-electron chi connectivity index (χ3n) is 3.04. The number of rotatable bonds is 6. The Morgan fingerprint density at radius 2 is 2.21 bits per heavy atom. The van der Waals surface area contributed by atoms with Crippen molar-refractivity contribution in [1.82, 2.24) is 10.3 Å². The highest BCUT2D eigenvalue weighted by molar-refractivity contribution is 9.11. The molecular formula is C13H18Br2N2O2. The van der Waals surface area contributed by atoms with Crippen LogP contribution in [0.3, 0.4) is 0 Å². The molecule has 0 spiro atoms. The maximum absolute atomic E-state index is 11.7. The number of methoxy groups -OCH3 is 1. The summed E-state index contributed by atoms with van der Waals surface area (Å²) in [6.45, 7) is 4.59. The van der Waals surface area contributed by atoms with Crippen LogP contribution in [0, 0.1) is 5.92 Å². The highest BCUT2D eigenvalue weighted by Crippen LogP contribution is 2.20. The van der Waals surface area contributed by atoms with Crippen molar-refractivity contribution in [2.24, 2.45) is 5.92 Å². The lowest BCUT2D eigenvalue weighted by atomic mass is 9.99. The van der Waals surface area contributed by atoms with Crippen LogP contribution in [0.2, 0.25) is 0 Å². The van der Waals surface area contributed by atoms with Crippen molar-refractivity contribution >= 4 is 37.8 Å². The van der Waals surface area contributed by atoms with Crippen molar-refractivity contribution in [2.75, 3.05) is 7.11 Å². The maximum atomic E-state index is 11.7. The number of aromatic nitrogens is 1. The summed E-state index contributed by atoms with van der Waals surface area (Å²) < 4.78 is 6.65. The average Bonchev–Trinajstić information content (AvgIpc) is 2.40. The second-order valence-electron chi connectivity index (χ2n) is 4.35. The number of pyridine rings is 1. The average molecular weight is 394 g/mol. The zero-order valence-corrected chi connectivity index (χ0v) is 14.4. The Labute approximate surface area is 130 Å². The van der Waals surface area contributed by atoms with Crippen LogP contribution in [-0.2, 0) is 16.1 Å². The van der Waals surface area contributed by atoms with Crippen molar-refractivity contribution < 1.29 is 9.53 Å². The zero-order chi connectivity index (χ0) is 14.4. The largest absolute Gasteiger partial charge is 0.468 e. The minimum atomic E-state index is -0.313. The molecule has 0 amide bonds. The molecular weight excluding hydrogens is 376 g/mol. The van der Waals surface area contributed by atoms with E-state index in [4.69, 9.17) is 4.74 Å². The van der Waals surface area contributed by atoms with Gasteiger partial charge >= 0.3 is 5.97 Å². The highest BCUT2D eigenvalue weighted by atomic mass is 79.9. The first-order valence-electron chi connectivity index (χ1n) is 6.10. The minimum absolute atomic E-state index is 0.210. The number of carbonyl (C=O) groups is 1. The van der Waals surface area contributed by atoms with Gasteiger partial charge in [0.25, 0.3) is 0 Å². The van der Waals surface area contributed by atoms with Gasteiger partial charge in [0, 0.05) is 21.7 Å². The molecule has 1 rings (SSSR count). The molecule has 2 atom stereocenters. The molecule has 106 valence electrons. The maximum Gasteiger partial charge on any atom is 0.323 e. The van der Waals surface area contributed by atoms with E-state index in [1.165, 1.54) is 7.11 Å². The summed E-state index contributed by atoms with van der Waals surface area (Å²) in [6.07, 6.45) is 2.64. The fourth-order valence-corrected chi connectivity index (χ4v) is 2.79. The van der Waals surface area contributed by atoms with Gasteiger partial charge in [-0.3, -0.25) is 15.1 Å². The van der Waals surface area contributed by atoms with Gasteiger partial charge in [-0.1, -0.05) is 20.3 Å². The fourth-order valence-electron chi connectivity index (χ4n) is 1.66. The lowest BCUT2D eigenvalue weighted by molar-refractivity contribution is -0.144. The fraction of sp³-hybridized carbons (Fsp3) is 0.538. The Morgan fingerprint density at radius 3 is 2.74 bits per heavy atom. The van der Waals surface area contributed by atoms with Crippen molar-refractivity contribution in [2.45, 2.75) is 32.9 Å². The smallest absolute Gasteiger partial charge is 0.323 e. The van der Waals surface area contributed by atoms with Crippen molar-refractivity contribution in [3.05, 3.63) is 26.9 Å². The number of nitrogens with one attached hydrogen (secondary N) is 1. The van der Waals surface area contributed by atoms with E-state index in [2.05, 4.69) is 49.1 Å². The Kier molecular flexibility index (Phi) is 6.96. The molecule has 1 N–H and O–H groups in total. The third-order valence-corrected chi connectivity index (χ3v) is 4.16. The molecule has 4 nitrogen and oxygen atoms in total. The summed E-state index contributed by atoms with van der Waals surface area (Å²) in [5.41, 5.74) is 0.861. The van der Waals surface area contributed by atoms with Crippen LogP contribution in [0.1, 0.15) is 26.0 Å². The summed E-state index contributed by atoms with van der Waals surface area (Å²) in [5.74, 6) is -0.0238. The van der Waals surface area contributed by atoms with Crippen LogP contribution in [0.4, 0.5) is 0 Å². The SMILES string of the molecule is CCC(C)C(NCc1ncc(Br)cc1Br)C(=O)OC. The summed E-state index contributed by atoms with van der Waals surface area (Å²) in [5, 5.41) is 3.22. The molecule has 1 aromatic rings. The van der Waals surface area contributed by atoms with E-state index in [1.807, 2.05) is 13.0 Å². The van der Waals surface area contributed by atoms with Crippen molar-refractivity contribution in [3.8, 4) is 0 Å². The molecule has 0 aliphatic rings. The van der Waals surface area contributed by atoms with Crippen LogP contribution in [0.15, 0.2) is 21.2 Å². The Balaban J connectivity index is 2.73. The molecule has 2 unspecified atom stereocenters. The van der Waals surface area contributed by atoms with E-state index in [0.29, 0.717) is 6.54 Å². The molecule has 0 aliphatic heterocycles. The van der Waals surface area contributed by atoms with Crippen LogP contribution in [0.25, 0.3) is 0 Å². The molecule has 0 aromatic carbocycles. The topological polar surface area (TPSA) is 51.2 Å². The second-order valence-corrected chi connectivity index (χ2v) is 6.12. The summed E-state index contributed by atoms with van der Waals surface area (Å²) >= 11 is 6.81. The summed E-state index contributed by atoms with van der Waals surface area (Å²) in [6, 6.07) is 1.62. The van der Waals surface area contributed by atoms with E-state index in [9.17, 15) is 4.79 Å². The molecule has 0 saturated carbocycles. The van der Waals surface area contributed by atoms with Crippen LogP contribution in [0.5, 0.6) is 0 Å². The molecule has 0 radical (unpaired) electrons. The number of hydrogen-bond acceptors (Lipinski definition) is 4. The monoisotopic (exact) mass is 392 g/mol. The molecule has 0 fully saturated rings. The Hall–Kier alpha value is -0.460. The molecule has 0 bridgehead atoms. The quantitative estimate of drug-likeness (QED) is 0.753. The minimum Gasteiger partial charge on any atom is -0.468 e. The molecule has 6 heteroatoms. The highest BCUT2D eigenvalue weighted by Gasteiger charge is 2.24. The van der Waals surface area contributed by atoms with Gasteiger partial charge in [0.1, 0.15) is 6.04 Å². The number of ether oxygens (including phenoxy) is 1. The van der Waals surface area contributed by atoms with Crippen molar-refractivity contribution in [1.29, 1.82) is 0 Å². The number of hydrogen-bond donors (Lipinski definition) is 1. The predicted octanol–water partition coefficient (Wildman–Crippen LogP) is 3.28. The first kappa shape index (κ1) is 16.6. The van der Waals surface area contributed by atoms with Gasteiger partial charge in [-0.25, -0.2) is 0 Å². The van der Waals surface area contributed by atoms with Gasteiger partial charge in [0.15, 0.2) is 0 Å². The van der Waals surface area contributed by atoms with Gasteiger partial charge in [-0.05, 0) is 43.8 Å². The van der Waals surface area contributed by atoms with Gasteiger partial charge < -0.3 is 4.74 Å². The van der Waals surface area contributed by atoms with Gasteiger partial charge in [-0.2, -0.15) is 0 Å². The van der Waals surface area contributed by atoms with E-state index < -0.39 is 0 Å². The van der Waals surface area contributed by atoms with Crippen molar-refractivity contribution in [3.63, 3.8) is 0 Å². The second kappa shape index (κ2) is 7.97. The summed E-state index contributed by atoms with van der Waals surface area (Å²) in [4.78, 5) is 16.1. The number of esters is 1.